The van der Waals surface area contributed by atoms with Crippen LogP contribution in [0.1, 0.15) is 43.0 Å². The van der Waals surface area contributed by atoms with Crippen LogP contribution in [0.15, 0.2) is 28.8 Å². The number of carbonyl (C=O) groups excluding carboxylic acids is 2. The molecule has 140 valence electrons. The molecule has 26 heavy (non-hydrogen) atoms. The van der Waals surface area contributed by atoms with Crippen LogP contribution in [0.5, 0.6) is 5.75 Å². The fraction of sp³-hybridized carbons (Fsp3) is 0.421. The highest BCUT2D eigenvalue weighted by Crippen LogP contribution is 2.29. The van der Waals surface area contributed by atoms with Crippen molar-refractivity contribution in [3.8, 4) is 5.75 Å². The zero-order valence-corrected chi connectivity index (χ0v) is 15.0. The molecule has 0 fully saturated rings. The Balaban J connectivity index is 0.000000187. The molecule has 1 unspecified atom stereocenters. The normalized spacial score (nSPS) is 18.6. The number of nitrogens with zero attached hydrogens (tertiary/aromatic N) is 2. The summed E-state index contributed by atoms with van der Waals surface area (Å²) in [6.45, 7) is 2.63. The maximum absolute atomic E-state index is 11.4. The van der Waals surface area contributed by atoms with Crippen LogP contribution >= 0.6 is 0 Å². The molecule has 2 amide bonds. The van der Waals surface area contributed by atoms with Crippen LogP contribution in [0.4, 0.5) is 5.69 Å². The van der Waals surface area contributed by atoms with E-state index in [2.05, 4.69) is 12.1 Å². The summed E-state index contributed by atoms with van der Waals surface area (Å²) in [5.74, 6) is 1.83. The highest BCUT2D eigenvalue weighted by molar-refractivity contribution is 5.95. The summed E-state index contributed by atoms with van der Waals surface area (Å²) in [5.41, 5.74) is 7.26. The lowest BCUT2D eigenvalue weighted by Gasteiger charge is -2.15. The predicted molar refractivity (Wildman–Crippen MR) is 98.3 cm³/mol. The number of anilines is 1. The lowest BCUT2D eigenvalue weighted by molar-refractivity contribution is -0.118. The van der Waals surface area contributed by atoms with E-state index in [1.165, 1.54) is 0 Å². The number of rotatable bonds is 1. The minimum Gasteiger partial charge on any atom is -0.491 e. The van der Waals surface area contributed by atoms with Crippen molar-refractivity contribution in [1.82, 2.24) is 5.16 Å². The third-order valence-corrected chi connectivity index (χ3v) is 4.69. The predicted octanol–water partition coefficient (Wildman–Crippen LogP) is 2.58. The minimum atomic E-state index is -0.487. The molecule has 0 spiro atoms. The molecule has 0 bridgehead atoms. The molecular weight excluding hydrogens is 334 g/mol. The SMILES string of the molecule is CC1CCc2onc(C(N)=O)c2C1.CN1C(=O)CCOc2ccccc21.[HH]. The summed E-state index contributed by atoms with van der Waals surface area (Å²) >= 11 is 0. The number of para-hydroxylation sites is 2. The second-order valence-corrected chi connectivity index (χ2v) is 6.66. The van der Waals surface area contributed by atoms with E-state index in [1.54, 1.807) is 11.9 Å². The number of fused-ring (bicyclic) bond motifs is 2. The quantitative estimate of drug-likeness (QED) is 0.844. The lowest BCUT2D eigenvalue weighted by Crippen LogP contribution is -2.24. The number of aromatic nitrogens is 1. The van der Waals surface area contributed by atoms with Crippen molar-refractivity contribution in [1.29, 1.82) is 0 Å². The molecule has 1 aromatic heterocycles. The Morgan fingerprint density at radius 2 is 2.12 bits per heavy atom. The Bertz CT molecular complexity index is 821. The van der Waals surface area contributed by atoms with Gasteiger partial charge in [-0.15, -0.1) is 0 Å². The molecule has 1 aliphatic heterocycles. The molecule has 2 aliphatic rings. The Morgan fingerprint density at radius 1 is 1.35 bits per heavy atom. The van der Waals surface area contributed by atoms with E-state index in [0.717, 1.165) is 42.0 Å². The molecule has 7 heteroatoms. The third kappa shape index (κ3) is 3.71. The van der Waals surface area contributed by atoms with Gasteiger partial charge in [-0.25, -0.2) is 0 Å². The van der Waals surface area contributed by atoms with Gasteiger partial charge in [0.05, 0.1) is 18.7 Å². The first-order valence-corrected chi connectivity index (χ1v) is 8.73. The highest BCUT2D eigenvalue weighted by Gasteiger charge is 2.25. The van der Waals surface area contributed by atoms with Gasteiger partial charge < -0.3 is 19.9 Å². The summed E-state index contributed by atoms with van der Waals surface area (Å²) in [7, 11) is 1.77. The van der Waals surface area contributed by atoms with E-state index in [9.17, 15) is 9.59 Å². The van der Waals surface area contributed by atoms with Crippen molar-refractivity contribution in [2.24, 2.45) is 11.7 Å². The van der Waals surface area contributed by atoms with Gasteiger partial charge in [0.1, 0.15) is 11.5 Å². The first kappa shape index (κ1) is 18.0. The van der Waals surface area contributed by atoms with Crippen LogP contribution in [0.3, 0.4) is 0 Å². The maximum Gasteiger partial charge on any atom is 0.271 e. The van der Waals surface area contributed by atoms with Crippen molar-refractivity contribution >= 4 is 17.5 Å². The zero-order chi connectivity index (χ0) is 18.7. The van der Waals surface area contributed by atoms with Gasteiger partial charge in [-0.05, 0) is 30.9 Å². The number of hydrogen-bond acceptors (Lipinski definition) is 5. The van der Waals surface area contributed by atoms with Crippen LogP contribution in [0.2, 0.25) is 0 Å². The molecule has 2 aromatic rings. The number of primary amides is 1. The van der Waals surface area contributed by atoms with E-state index in [-0.39, 0.29) is 7.33 Å². The number of ether oxygens (including phenoxy) is 1. The second kappa shape index (κ2) is 7.59. The summed E-state index contributed by atoms with van der Waals surface area (Å²) < 4.78 is 10.5. The standard InChI is InChI=1S/C10H11NO2.C9H12N2O2.H2/c1-11-8-4-2-3-5-9(8)13-7-6-10(11)12;1-5-2-3-7-6(4-5)8(9(10)12)11-13-7;/h2-5H,6-7H2,1H3;5H,2-4H2,1H3,(H2,10,12);1H. The molecule has 1 aliphatic carbocycles. The summed E-state index contributed by atoms with van der Waals surface area (Å²) in [6.07, 6.45) is 3.28. The Kier molecular flexibility index (Phi) is 5.25. The molecule has 2 heterocycles. The fourth-order valence-corrected chi connectivity index (χ4v) is 3.18. The van der Waals surface area contributed by atoms with Gasteiger partial charge in [0.25, 0.3) is 5.91 Å². The molecule has 2 N–H and O–H groups in total. The molecular formula is C19H25N3O4. The van der Waals surface area contributed by atoms with Crippen LogP contribution in [-0.2, 0) is 17.6 Å². The van der Waals surface area contributed by atoms with Crippen molar-refractivity contribution in [2.45, 2.75) is 32.6 Å². The van der Waals surface area contributed by atoms with E-state index < -0.39 is 5.91 Å². The van der Waals surface area contributed by atoms with Gasteiger partial charge in [0.2, 0.25) is 5.91 Å². The van der Waals surface area contributed by atoms with Crippen molar-refractivity contribution in [2.75, 3.05) is 18.6 Å². The maximum atomic E-state index is 11.4. The molecule has 0 saturated carbocycles. The summed E-state index contributed by atoms with van der Waals surface area (Å²) in [6, 6.07) is 7.57. The Labute approximate surface area is 153 Å². The van der Waals surface area contributed by atoms with Crippen LogP contribution in [-0.4, -0.2) is 30.6 Å². The minimum absolute atomic E-state index is 0. The lowest BCUT2D eigenvalue weighted by atomic mass is 9.88. The van der Waals surface area contributed by atoms with Gasteiger partial charge in [0.15, 0.2) is 5.69 Å². The summed E-state index contributed by atoms with van der Waals surface area (Å²) in [4.78, 5) is 24.0. The van der Waals surface area contributed by atoms with Gasteiger partial charge in [-0.2, -0.15) is 0 Å². The average molecular weight is 359 g/mol. The first-order valence-electron chi connectivity index (χ1n) is 8.73. The van der Waals surface area contributed by atoms with Gasteiger partial charge in [0, 0.05) is 20.5 Å². The number of amides is 2. The van der Waals surface area contributed by atoms with Gasteiger partial charge >= 0.3 is 0 Å². The number of benzene rings is 1. The van der Waals surface area contributed by atoms with E-state index >= 15 is 0 Å². The van der Waals surface area contributed by atoms with Gasteiger partial charge in [-0.3, -0.25) is 9.59 Å². The first-order chi connectivity index (χ1) is 12.5. The smallest absolute Gasteiger partial charge is 0.271 e. The largest absolute Gasteiger partial charge is 0.491 e. The van der Waals surface area contributed by atoms with Crippen molar-refractivity contribution in [3.63, 3.8) is 0 Å². The molecule has 1 aromatic carbocycles. The second-order valence-electron chi connectivity index (χ2n) is 6.66. The number of hydrogen-bond donors (Lipinski definition) is 1. The van der Waals surface area contributed by atoms with E-state index in [4.69, 9.17) is 15.0 Å². The van der Waals surface area contributed by atoms with E-state index in [0.29, 0.717) is 24.6 Å². The monoisotopic (exact) mass is 359 g/mol. The molecule has 4 rings (SSSR count). The molecule has 1 atom stereocenters. The highest BCUT2D eigenvalue weighted by atomic mass is 16.5. The fourth-order valence-electron chi connectivity index (χ4n) is 3.18. The van der Waals surface area contributed by atoms with Crippen LogP contribution in [0.25, 0.3) is 0 Å². The topological polar surface area (TPSA) is 98.7 Å². The van der Waals surface area contributed by atoms with Gasteiger partial charge in [-0.1, -0.05) is 24.2 Å². The number of carbonyl (C=O) groups is 2. The molecule has 0 radical (unpaired) electrons. The van der Waals surface area contributed by atoms with Crippen molar-refractivity contribution < 1.29 is 20.3 Å². The summed E-state index contributed by atoms with van der Waals surface area (Å²) in [5, 5.41) is 3.68. The molecule has 0 saturated heterocycles. The Hall–Kier alpha value is -2.83. The Morgan fingerprint density at radius 3 is 2.88 bits per heavy atom. The number of nitrogens with two attached hydrogens (primary N) is 1. The van der Waals surface area contributed by atoms with Crippen LogP contribution in [0, 0.1) is 5.92 Å². The van der Waals surface area contributed by atoms with Crippen molar-refractivity contribution in [3.05, 3.63) is 41.3 Å². The van der Waals surface area contributed by atoms with Crippen LogP contribution < -0.4 is 15.4 Å². The van der Waals surface area contributed by atoms with E-state index in [1.807, 2.05) is 24.3 Å². The third-order valence-electron chi connectivity index (χ3n) is 4.69. The average Bonchev–Trinajstić information content (AvgIpc) is 2.99. The number of aryl methyl sites for hydroxylation is 1. The zero-order valence-electron chi connectivity index (χ0n) is 15.0. The molecule has 7 nitrogen and oxygen atoms in total.